The molecule has 0 saturated carbocycles. The lowest BCUT2D eigenvalue weighted by atomic mass is 9.74. The fourth-order valence-electron chi connectivity index (χ4n) is 2.90. The predicted octanol–water partition coefficient (Wildman–Crippen LogP) is 1.91. The minimum atomic E-state index is -1.70. The zero-order valence-corrected chi connectivity index (χ0v) is 12.9. The van der Waals surface area contributed by atoms with E-state index in [2.05, 4.69) is 33.0 Å². The average Bonchev–Trinajstić information content (AvgIpc) is 2.35. The highest BCUT2D eigenvalue weighted by Gasteiger charge is 2.56. The van der Waals surface area contributed by atoms with Crippen molar-refractivity contribution in [1.82, 2.24) is 5.32 Å². The van der Waals surface area contributed by atoms with Crippen molar-refractivity contribution in [3.8, 4) is 0 Å². The van der Waals surface area contributed by atoms with Crippen molar-refractivity contribution in [2.45, 2.75) is 58.0 Å². The van der Waals surface area contributed by atoms with Gasteiger partial charge in [-0.25, -0.2) is 0 Å². The molecular weight excluding hydrogens is 246 g/mol. The smallest absolute Gasteiger partial charge is 0.250 e. The van der Waals surface area contributed by atoms with E-state index in [-0.39, 0.29) is 23.5 Å². The number of hydrogen-bond donors (Lipinski definition) is 1. The van der Waals surface area contributed by atoms with Crippen LogP contribution in [0.3, 0.4) is 0 Å². The molecular formula is C13H25NO3Si. The van der Waals surface area contributed by atoms with Gasteiger partial charge in [-0.3, -0.25) is 4.79 Å². The van der Waals surface area contributed by atoms with Crippen LogP contribution in [-0.2, 0) is 14.0 Å². The molecule has 0 aliphatic carbocycles. The third kappa shape index (κ3) is 2.12. The summed E-state index contributed by atoms with van der Waals surface area (Å²) in [7, 11) is -1.70. The van der Waals surface area contributed by atoms with Gasteiger partial charge in [-0.2, -0.15) is 0 Å². The van der Waals surface area contributed by atoms with Crippen molar-refractivity contribution in [1.29, 1.82) is 0 Å². The molecule has 5 heteroatoms. The second kappa shape index (κ2) is 4.94. The van der Waals surface area contributed by atoms with Crippen LogP contribution in [0.2, 0.25) is 18.1 Å². The first kappa shape index (κ1) is 14.0. The Labute approximate surface area is 111 Å². The van der Waals surface area contributed by atoms with Crippen molar-refractivity contribution in [2.75, 3.05) is 13.2 Å². The fourth-order valence-corrected chi connectivity index (χ4v) is 5.68. The third-order valence-electron chi connectivity index (χ3n) is 4.78. The molecule has 2 saturated heterocycles. The first-order valence-corrected chi connectivity index (χ1v) is 9.59. The average molecular weight is 271 g/mol. The van der Waals surface area contributed by atoms with Crippen molar-refractivity contribution < 1.29 is 14.0 Å². The number of hydrogen-bond acceptors (Lipinski definition) is 3. The molecule has 4 nitrogen and oxygen atoms in total. The van der Waals surface area contributed by atoms with Crippen LogP contribution in [-0.4, -0.2) is 39.6 Å². The first-order chi connectivity index (χ1) is 8.50. The highest BCUT2D eigenvalue weighted by Crippen LogP contribution is 2.38. The molecule has 2 rings (SSSR count). The number of nitrogens with one attached hydrogen (secondary N) is 1. The molecule has 2 aliphatic heterocycles. The molecule has 0 aromatic carbocycles. The van der Waals surface area contributed by atoms with Gasteiger partial charge >= 0.3 is 0 Å². The molecule has 0 unspecified atom stereocenters. The number of rotatable bonds is 6. The number of β-lactam (4-membered cyclic amide) rings is 1. The Morgan fingerprint density at radius 2 is 1.89 bits per heavy atom. The van der Waals surface area contributed by atoms with E-state index in [0.717, 1.165) is 31.3 Å². The molecule has 0 spiro atoms. The molecule has 2 heterocycles. The third-order valence-corrected chi connectivity index (χ3v) is 9.40. The summed E-state index contributed by atoms with van der Waals surface area (Å²) >= 11 is 0. The summed E-state index contributed by atoms with van der Waals surface area (Å²) in [6.45, 7) is 10.2. The quantitative estimate of drug-likeness (QED) is 0.593. The minimum absolute atomic E-state index is 0.0698. The zero-order chi connectivity index (χ0) is 13.4. The number of amides is 1. The summed E-state index contributed by atoms with van der Waals surface area (Å²) in [4.78, 5) is 11.8. The summed E-state index contributed by atoms with van der Waals surface area (Å²) in [6.07, 6.45) is -0.231. The lowest BCUT2D eigenvalue weighted by Gasteiger charge is -2.53. The molecule has 1 N–H and O–H groups in total. The monoisotopic (exact) mass is 271 g/mol. The van der Waals surface area contributed by atoms with Gasteiger partial charge in [-0.15, -0.1) is 0 Å². The molecule has 2 atom stereocenters. The fraction of sp³-hybridized carbons (Fsp3) is 0.923. The second-order valence-corrected chi connectivity index (χ2v) is 10.6. The highest BCUT2D eigenvalue weighted by molar-refractivity contribution is 6.73. The molecule has 0 aromatic heterocycles. The number of carbonyl (C=O) groups excluding carboxylic acids is 1. The summed E-state index contributed by atoms with van der Waals surface area (Å²) in [5.41, 5.74) is 0.0773. The lowest BCUT2D eigenvalue weighted by Crippen LogP contribution is -2.74. The van der Waals surface area contributed by atoms with E-state index in [0.29, 0.717) is 0 Å². The van der Waals surface area contributed by atoms with Crippen LogP contribution in [0.4, 0.5) is 0 Å². The van der Waals surface area contributed by atoms with Gasteiger partial charge < -0.3 is 14.5 Å². The minimum Gasteiger partial charge on any atom is -0.403 e. The van der Waals surface area contributed by atoms with Crippen LogP contribution in [0.25, 0.3) is 0 Å². The van der Waals surface area contributed by atoms with Gasteiger partial charge in [0.25, 0.3) is 0 Å². The Balaban J connectivity index is 2.04. The van der Waals surface area contributed by atoms with Crippen LogP contribution in [0.1, 0.15) is 27.7 Å². The largest absolute Gasteiger partial charge is 0.403 e. The molecule has 104 valence electrons. The molecule has 2 fully saturated rings. The van der Waals surface area contributed by atoms with E-state index in [1.54, 1.807) is 0 Å². The summed E-state index contributed by atoms with van der Waals surface area (Å²) in [6, 6.07) is 3.41. The predicted molar refractivity (Wildman–Crippen MR) is 72.9 cm³/mol. The SMILES string of the molecule is CC[Si](CC)(CC)O[C@@H]1C(=O)N[C@@H]1C1(C)COC1. The van der Waals surface area contributed by atoms with Gasteiger partial charge in [-0.05, 0) is 18.1 Å². The molecule has 0 radical (unpaired) electrons. The van der Waals surface area contributed by atoms with E-state index >= 15 is 0 Å². The zero-order valence-electron chi connectivity index (χ0n) is 11.9. The summed E-state index contributed by atoms with van der Waals surface area (Å²) in [5, 5.41) is 3.01. The summed E-state index contributed by atoms with van der Waals surface area (Å²) in [5.74, 6) is 0.0698. The van der Waals surface area contributed by atoms with Crippen LogP contribution in [0.5, 0.6) is 0 Å². The van der Waals surface area contributed by atoms with Gasteiger partial charge in [0.15, 0.2) is 8.32 Å². The maximum Gasteiger partial charge on any atom is 0.250 e. The van der Waals surface area contributed by atoms with E-state index in [4.69, 9.17) is 9.16 Å². The van der Waals surface area contributed by atoms with E-state index in [1.807, 2.05) is 0 Å². The Morgan fingerprint density at radius 1 is 1.33 bits per heavy atom. The van der Waals surface area contributed by atoms with Crippen LogP contribution < -0.4 is 5.32 Å². The van der Waals surface area contributed by atoms with Crippen molar-refractivity contribution in [3.63, 3.8) is 0 Å². The molecule has 18 heavy (non-hydrogen) atoms. The van der Waals surface area contributed by atoms with Crippen molar-refractivity contribution in [2.24, 2.45) is 5.41 Å². The molecule has 0 bridgehead atoms. The van der Waals surface area contributed by atoms with Gasteiger partial charge in [0, 0.05) is 5.41 Å². The number of carbonyl (C=O) groups is 1. The van der Waals surface area contributed by atoms with E-state index < -0.39 is 8.32 Å². The summed E-state index contributed by atoms with van der Waals surface area (Å²) < 4.78 is 11.6. The molecule has 2 aliphatic rings. The van der Waals surface area contributed by atoms with Gasteiger partial charge in [-0.1, -0.05) is 27.7 Å². The van der Waals surface area contributed by atoms with Gasteiger partial charge in [0.1, 0.15) is 6.10 Å². The van der Waals surface area contributed by atoms with Crippen LogP contribution in [0.15, 0.2) is 0 Å². The lowest BCUT2D eigenvalue weighted by molar-refractivity contribution is -0.175. The molecule has 1 amide bonds. The topological polar surface area (TPSA) is 47.6 Å². The maximum absolute atomic E-state index is 11.8. The Bertz CT molecular complexity index is 318. The van der Waals surface area contributed by atoms with Crippen LogP contribution >= 0.6 is 0 Å². The maximum atomic E-state index is 11.8. The first-order valence-electron chi connectivity index (χ1n) is 7.06. The van der Waals surface area contributed by atoms with E-state index in [9.17, 15) is 4.79 Å². The van der Waals surface area contributed by atoms with E-state index in [1.165, 1.54) is 0 Å². The standard InChI is InChI=1S/C13H25NO3Si/c1-5-18(6-2,7-3)17-10-11(14-12(10)15)13(4)8-16-9-13/h10-11H,5-9H2,1-4H3,(H,14,15)/t10-,11-/m0/s1. The van der Waals surface area contributed by atoms with Gasteiger partial charge in [0.2, 0.25) is 5.91 Å². The number of ether oxygens (including phenoxy) is 1. The van der Waals surface area contributed by atoms with Crippen molar-refractivity contribution in [3.05, 3.63) is 0 Å². The second-order valence-electron chi connectivity index (χ2n) is 5.92. The Kier molecular flexibility index (Phi) is 3.85. The Hall–Kier alpha value is -0.393. The van der Waals surface area contributed by atoms with Crippen LogP contribution in [0, 0.1) is 5.41 Å². The van der Waals surface area contributed by atoms with Gasteiger partial charge in [0.05, 0.1) is 19.3 Å². The normalized spacial score (nSPS) is 30.3. The van der Waals surface area contributed by atoms with Crippen molar-refractivity contribution >= 4 is 14.2 Å². The Morgan fingerprint density at radius 3 is 2.22 bits per heavy atom. The molecule has 0 aromatic rings. The highest BCUT2D eigenvalue weighted by atomic mass is 28.4.